The van der Waals surface area contributed by atoms with Gasteiger partial charge in [0.2, 0.25) is 0 Å². The Morgan fingerprint density at radius 1 is 1.10 bits per heavy atom. The Morgan fingerprint density at radius 3 is 2.67 bits per heavy atom. The zero-order chi connectivity index (χ0) is 14.5. The summed E-state index contributed by atoms with van der Waals surface area (Å²) in [6, 6.07) is 19.4. The maximum Gasteiger partial charge on any atom is 0.0775 e. The molecule has 0 aromatic heterocycles. The number of para-hydroxylation sites is 1. The lowest BCUT2D eigenvalue weighted by Crippen LogP contribution is -2.02. The molecule has 3 rings (SSSR count). The molecular formula is C18H19NS2. The van der Waals surface area contributed by atoms with E-state index in [0.29, 0.717) is 5.25 Å². The van der Waals surface area contributed by atoms with E-state index < -0.39 is 0 Å². The van der Waals surface area contributed by atoms with Crippen LogP contribution in [0.3, 0.4) is 0 Å². The topological polar surface area (TPSA) is 12.4 Å². The summed E-state index contributed by atoms with van der Waals surface area (Å²) in [5.41, 5.74) is 2.54. The zero-order valence-corrected chi connectivity index (χ0v) is 13.8. The Balaban J connectivity index is 1.95. The molecule has 0 amide bonds. The first-order chi connectivity index (χ1) is 10.4. The Labute approximate surface area is 135 Å². The summed E-state index contributed by atoms with van der Waals surface area (Å²) in [7, 11) is 0. The van der Waals surface area contributed by atoms with Crippen molar-refractivity contribution >= 4 is 34.3 Å². The molecule has 0 spiro atoms. The number of thioether (sulfide) groups is 2. The quantitative estimate of drug-likeness (QED) is 0.664. The second-order valence-electron chi connectivity index (χ2n) is 4.96. The molecule has 0 saturated carbocycles. The van der Waals surface area contributed by atoms with Crippen LogP contribution < -0.4 is 0 Å². The number of aliphatic imine (C=N–C) groups is 1. The molecule has 1 aliphatic heterocycles. The van der Waals surface area contributed by atoms with Crippen molar-refractivity contribution in [1.82, 2.24) is 0 Å². The zero-order valence-electron chi connectivity index (χ0n) is 12.2. The van der Waals surface area contributed by atoms with Gasteiger partial charge in [0, 0.05) is 10.1 Å². The van der Waals surface area contributed by atoms with Gasteiger partial charge < -0.3 is 0 Å². The van der Waals surface area contributed by atoms with Crippen molar-refractivity contribution in [3.8, 4) is 0 Å². The fraction of sp³-hybridized carbons (Fsp3) is 0.278. The Morgan fingerprint density at radius 2 is 1.86 bits per heavy atom. The molecule has 108 valence electrons. The smallest absolute Gasteiger partial charge is 0.0775 e. The van der Waals surface area contributed by atoms with Gasteiger partial charge in [-0.2, -0.15) is 0 Å². The minimum atomic E-state index is 0.510. The molecule has 2 aromatic carbocycles. The van der Waals surface area contributed by atoms with E-state index in [-0.39, 0.29) is 0 Å². The second kappa shape index (κ2) is 7.19. The van der Waals surface area contributed by atoms with Gasteiger partial charge in [0.25, 0.3) is 0 Å². The Kier molecular flexibility index (Phi) is 5.04. The first-order valence-electron chi connectivity index (χ1n) is 7.38. The van der Waals surface area contributed by atoms with Gasteiger partial charge >= 0.3 is 0 Å². The summed E-state index contributed by atoms with van der Waals surface area (Å²) in [5.74, 6) is 1.09. The van der Waals surface area contributed by atoms with Crippen LogP contribution in [0.2, 0.25) is 0 Å². The van der Waals surface area contributed by atoms with Crippen LogP contribution in [0.15, 0.2) is 64.5 Å². The highest BCUT2D eigenvalue weighted by molar-refractivity contribution is 8.13. The molecule has 0 aliphatic carbocycles. The summed E-state index contributed by atoms with van der Waals surface area (Å²) in [6.07, 6.45) is 2.22. The standard InChI is InChI=1S/C18H19NS2/c1-2-20-18-13-12-16(14-8-4-3-5-9-14)21-17-11-7-6-10-15(17)19-18/h3-11,16H,2,12-13H2,1H3. The van der Waals surface area contributed by atoms with E-state index in [4.69, 9.17) is 4.99 Å². The monoisotopic (exact) mass is 313 g/mol. The van der Waals surface area contributed by atoms with Crippen molar-refractivity contribution in [1.29, 1.82) is 0 Å². The fourth-order valence-electron chi connectivity index (χ4n) is 2.48. The van der Waals surface area contributed by atoms with E-state index >= 15 is 0 Å². The van der Waals surface area contributed by atoms with Gasteiger partial charge in [-0.25, -0.2) is 4.99 Å². The van der Waals surface area contributed by atoms with Crippen LogP contribution in [0.1, 0.15) is 30.6 Å². The van der Waals surface area contributed by atoms with Gasteiger partial charge in [-0.05, 0) is 36.3 Å². The number of rotatable bonds is 2. The molecule has 0 N–H and O–H groups in total. The van der Waals surface area contributed by atoms with Crippen LogP contribution in [0.25, 0.3) is 0 Å². The molecule has 0 radical (unpaired) electrons. The van der Waals surface area contributed by atoms with Gasteiger partial charge in [0.15, 0.2) is 0 Å². The summed E-state index contributed by atoms with van der Waals surface area (Å²) in [6.45, 7) is 2.20. The number of benzene rings is 2. The highest BCUT2D eigenvalue weighted by Gasteiger charge is 2.18. The Bertz CT molecular complexity index is 622. The predicted molar refractivity (Wildman–Crippen MR) is 95.9 cm³/mol. The van der Waals surface area contributed by atoms with Crippen molar-refractivity contribution in [3.05, 3.63) is 60.2 Å². The summed E-state index contributed by atoms with van der Waals surface area (Å²) in [4.78, 5) is 6.17. The van der Waals surface area contributed by atoms with Gasteiger partial charge in [-0.15, -0.1) is 23.5 Å². The van der Waals surface area contributed by atoms with Crippen molar-refractivity contribution in [3.63, 3.8) is 0 Å². The predicted octanol–water partition coefficient (Wildman–Crippen LogP) is 6.10. The van der Waals surface area contributed by atoms with E-state index in [2.05, 4.69) is 61.5 Å². The molecule has 1 nitrogen and oxygen atoms in total. The maximum atomic E-state index is 4.88. The van der Waals surface area contributed by atoms with Crippen molar-refractivity contribution < 1.29 is 0 Å². The number of hydrogen-bond donors (Lipinski definition) is 0. The largest absolute Gasteiger partial charge is 0.245 e. The molecule has 0 fully saturated rings. The van der Waals surface area contributed by atoms with E-state index in [0.717, 1.165) is 24.3 Å². The number of fused-ring (bicyclic) bond motifs is 1. The lowest BCUT2D eigenvalue weighted by atomic mass is 10.1. The third kappa shape index (κ3) is 3.72. The van der Waals surface area contributed by atoms with E-state index in [1.54, 1.807) is 0 Å². The van der Waals surface area contributed by atoms with Crippen LogP contribution in [-0.4, -0.2) is 10.8 Å². The minimum absolute atomic E-state index is 0.510. The second-order valence-corrected chi connectivity index (χ2v) is 7.54. The minimum Gasteiger partial charge on any atom is -0.245 e. The molecule has 0 saturated heterocycles. The van der Waals surface area contributed by atoms with Crippen LogP contribution in [0.4, 0.5) is 5.69 Å². The molecule has 1 aliphatic rings. The molecule has 1 unspecified atom stereocenters. The summed E-state index contributed by atoms with van der Waals surface area (Å²) >= 11 is 3.82. The number of hydrogen-bond acceptors (Lipinski definition) is 3. The number of nitrogens with zero attached hydrogens (tertiary/aromatic N) is 1. The van der Waals surface area contributed by atoms with E-state index in [1.807, 2.05) is 23.5 Å². The van der Waals surface area contributed by atoms with Crippen LogP contribution in [-0.2, 0) is 0 Å². The fourth-order valence-corrected chi connectivity index (χ4v) is 4.46. The van der Waals surface area contributed by atoms with Crippen molar-refractivity contribution in [2.75, 3.05) is 5.75 Å². The first kappa shape index (κ1) is 14.7. The summed E-state index contributed by atoms with van der Waals surface area (Å²) in [5, 5.41) is 1.78. The van der Waals surface area contributed by atoms with Gasteiger partial charge in [0.05, 0.1) is 10.7 Å². The van der Waals surface area contributed by atoms with Crippen LogP contribution >= 0.6 is 23.5 Å². The van der Waals surface area contributed by atoms with E-state index in [1.165, 1.54) is 15.5 Å². The van der Waals surface area contributed by atoms with Gasteiger partial charge in [0.1, 0.15) is 0 Å². The highest BCUT2D eigenvalue weighted by Crippen LogP contribution is 2.44. The summed E-state index contributed by atoms with van der Waals surface area (Å²) < 4.78 is 0. The van der Waals surface area contributed by atoms with E-state index in [9.17, 15) is 0 Å². The molecule has 21 heavy (non-hydrogen) atoms. The molecule has 3 heteroatoms. The lowest BCUT2D eigenvalue weighted by molar-refractivity contribution is 0.845. The highest BCUT2D eigenvalue weighted by atomic mass is 32.2. The lowest BCUT2D eigenvalue weighted by Gasteiger charge is -2.21. The molecule has 2 aromatic rings. The normalized spacial score (nSPS) is 18.3. The van der Waals surface area contributed by atoms with Crippen molar-refractivity contribution in [2.24, 2.45) is 4.99 Å². The average Bonchev–Trinajstić information content (AvgIpc) is 2.51. The Hall–Kier alpha value is -1.19. The first-order valence-corrected chi connectivity index (χ1v) is 9.24. The third-order valence-corrected chi connectivity index (χ3v) is 5.79. The molecule has 1 heterocycles. The van der Waals surface area contributed by atoms with Crippen LogP contribution in [0.5, 0.6) is 0 Å². The maximum absolute atomic E-state index is 4.88. The average molecular weight is 313 g/mol. The SMILES string of the molecule is CCSC1=Nc2ccccc2SC(c2ccccc2)CC1. The van der Waals surface area contributed by atoms with Crippen LogP contribution in [0, 0.1) is 0 Å². The van der Waals surface area contributed by atoms with Crippen molar-refractivity contribution in [2.45, 2.75) is 29.9 Å². The van der Waals surface area contributed by atoms with Gasteiger partial charge in [-0.1, -0.05) is 49.4 Å². The third-order valence-electron chi connectivity index (χ3n) is 3.48. The molecule has 1 atom stereocenters. The molecule has 0 bridgehead atoms. The van der Waals surface area contributed by atoms with Gasteiger partial charge in [-0.3, -0.25) is 0 Å². The molecular weight excluding hydrogens is 294 g/mol.